The molecule has 138 valence electrons. The van der Waals surface area contributed by atoms with Crippen molar-refractivity contribution in [2.45, 2.75) is 51.2 Å². The zero-order chi connectivity index (χ0) is 17.4. The van der Waals surface area contributed by atoms with Crippen molar-refractivity contribution >= 4 is 0 Å². The van der Waals surface area contributed by atoms with E-state index in [1.165, 1.54) is 44.9 Å². The summed E-state index contributed by atoms with van der Waals surface area (Å²) < 4.78 is 51.2. The van der Waals surface area contributed by atoms with Crippen LogP contribution < -0.4 is 0 Å². The van der Waals surface area contributed by atoms with Crippen molar-refractivity contribution in [1.29, 1.82) is 0 Å². The van der Waals surface area contributed by atoms with E-state index < -0.39 is 23.7 Å². The normalized spacial score (nSPS) is 33.4. The van der Waals surface area contributed by atoms with E-state index in [-0.39, 0.29) is 5.56 Å². The first kappa shape index (κ1) is 17.3. The third-order valence-corrected chi connectivity index (χ3v) is 6.12. The van der Waals surface area contributed by atoms with Crippen LogP contribution in [0.4, 0.5) is 13.2 Å². The first-order valence-corrected chi connectivity index (χ1v) is 9.47. The van der Waals surface area contributed by atoms with Gasteiger partial charge in [-0.15, -0.1) is 0 Å². The molecular weight excluding hydrogens is 329 g/mol. The number of benzene rings is 1. The minimum absolute atomic E-state index is 0.197. The molecule has 3 fully saturated rings. The van der Waals surface area contributed by atoms with Crippen molar-refractivity contribution in [1.82, 2.24) is 0 Å². The highest BCUT2D eigenvalue weighted by atomic mass is 19.2. The predicted molar refractivity (Wildman–Crippen MR) is 87.2 cm³/mol. The van der Waals surface area contributed by atoms with Gasteiger partial charge in [0.2, 0.25) is 0 Å². The van der Waals surface area contributed by atoms with Gasteiger partial charge in [0.25, 0.3) is 0 Å². The lowest BCUT2D eigenvalue weighted by atomic mass is 9.74. The van der Waals surface area contributed by atoms with Crippen molar-refractivity contribution in [2.24, 2.45) is 23.7 Å². The number of hydrogen-bond donors (Lipinski definition) is 0. The van der Waals surface area contributed by atoms with Crippen LogP contribution in [0.1, 0.15) is 56.8 Å². The molecule has 1 saturated heterocycles. The third-order valence-electron chi connectivity index (χ3n) is 6.12. The van der Waals surface area contributed by atoms with E-state index >= 15 is 0 Å². The molecule has 1 heterocycles. The lowest BCUT2D eigenvalue weighted by Crippen LogP contribution is -2.34. The van der Waals surface area contributed by atoms with Crippen LogP contribution in [0, 0.1) is 41.1 Å². The molecule has 3 aliphatic rings. The number of hydrogen-bond acceptors (Lipinski definition) is 2. The maximum absolute atomic E-state index is 13.4. The molecular formula is C20H25F3O2. The molecule has 0 spiro atoms. The van der Waals surface area contributed by atoms with Gasteiger partial charge in [0.15, 0.2) is 23.7 Å². The van der Waals surface area contributed by atoms with Gasteiger partial charge in [-0.05, 0) is 49.1 Å². The van der Waals surface area contributed by atoms with Gasteiger partial charge in [0.1, 0.15) is 0 Å². The Balaban J connectivity index is 1.28. The predicted octanol–water partition coefficient (Wildman–Crippen LogP) is 5.37. The smallest absolute Gasteiger partial charge is 0.194 e. The molecule has 5 heteroatoms. The standard InChI is InChI=1S/C20H25F3O2/c21-17-8-15(9-18(22)19(17)23)20-24-10-16(11-25-20)14-5-3-13(4-6-14)7-12-1-2-12/h8-9,12-14,16,20H,1-7,10-11H2. The molecule has 2 saturated carbocycles. The van der Waals surface area contributed by atoms with Crippen molar-refractivity contribution in [3.05, 3.63) is 35.1 Å². The third kappa shape index (κ3) is 4.03. The summed E-state index contributed by atoms with van der Waals surface area (Å²) in [6.45, 7) is 1.06. The van der Waals surface area contributed by atoms with Gasteiger partial charge in [-0.3, -0.25) is 0 Å². The lowest BCUT2D eigenvalue weighted by molar-refractivity contribution is -0.215. The molecule has 0 amide bonds. The molecule has 0 N–H and O–H groups in total. The first-order chi connectivity index (χ1) is 12.1. The van der Waals surface area contributed by atoms with Crippen LogP contribution in [0.25, 0.3) is 0 Å². The summed E-state index contributed by atoms with van der Waals surface area (Å²) in [5.74, 6) is -1.03. The summed E-state index contributed by atoms with van der Waals surface area (Å²) in [7, 11) is 0. The molecule has 1 aromatic carbocycles. The molecule has 0 radical (unpaired) electrons. The van der Waals surface area contributed by atoms with Gasteiger partial charge >= 0.3 is 0 Å². The Morgan fingerprint density at radius 3 is 1.80 bits per heavy atom. The van der Waals surface area contributed by atoms with E-state index in [2.05, 4.69) is 0 Å². The van der Waals surface area contributed by atoms with Crippen LogP contribution in [-0.2, 0) is 9.47 Å². The average Bonchev–Trinajstić information content (AvgIpc) is 3.44. The summed E-state index contributed by atoms with van der Waals surface area (Å²) in [5, 5.41) is 0. The minimum atomic E-state index is -1.46. The van der Waals surface area contributed by atoms with E-state index in [1.54, 1.807) is 0 Å². The highest BCUT2D eigenvalue weighted by molar-refractivity contribution is 5.20. The van der Waals surface area contributed by atoms with Gasteiger partial charge in [-0.1, -0.05) is 25.7 Å². The molecule has 0 bridgehead atoms. The monoisotopic (exact) mass is 354 g/mol. The summed E-state index contributed by atoms with van der Waals surface area (Å²) >= 11 is 0. The largest absolute Gasteiger partial charge is 0.348 e. The van der Waals surface area contributed by atoms with Crippen LogP contribution in [0.3, 0.4) is 0 Å². The molecule has 0 aromatic heterocycles. The molecule has 1 aromatic rings. The summed E-state index contributed by atoms with van der Waals surface area (Å²) in [6.07, 6.45) is 8.50. The Hall–Kier alpha value is -1.07. The van der Waals surface area contributed by atoms with E-state index in [9.17, 15) is 13.2 Å². The van der Waals surface area contributed by atoms with Gasteiger partial charge < -0.3 is 9.47 Å². The van der Waals surface area contributed by atoms with Crippen molar-refractivity contribution in [3.63, 3.8) is 0 Å². The Labute approximate surface area is 146 Å². The van der Waals surface area contributed by atoms with E-state index in [4.69, 9.17) is 9.47 Å². The van der Waals surface area contributed by atoms with Crippen LogP contribution in [0.5, 0.6) is 0 Å². The Bertz CT molecular complexity index is 578. The molecule has 25 heavy (non-hydrogen) atoms. The van der Waals surface area contributed by atoms with Crippen LogP contribution in [0.15, 0.2) is 12.1 Å². The second-order valence-corrected chi connectivity index (χ2v) is 8.02. The van der Waals surface area contributed by atoms with E-state index in [0.717, 1.165) is 24.0 Å². The fourth-order valence-corrected chi connectivity index (χ4v) is 4.41. The van der Waals surface area contributed by atoms with Crippen molar-refractivity contribution < 1.29 is 22.6 Å². The molecule has 2 aliphatic carbocycles. The topological polar surface area (TPSA) is 18.5 Å². The average molecular weight is 354 g/mol. The molecule has 0 atom stereocenters. The number of ether oxygens (including phenoxy) is 2. The van der Waals surface area contributed by atoms with E-state index in [1.807, 2.05) is 0 Å². The first-order valence-electron chi connectivity index (χ1n) is 9.47. The number of halogens is 3. The SMILES string of the molecule is Fc1cc(C2OCC(C3CCC(CC4CC4)CC3)CO2)cc(F)c1F. The Kier molecular flexibility index (Phi) is 5.05. The highest BCUT2D eigenvalue weighted by Crippen LogP contribution is 2.43. The number of rotatable bonds is 4. The zero-order valence-electron chi connectivity index (χ0n) is 14.4. The van der Waals surface area contributed by atoms with Crippen LogP contribution >= 0.6 is 0 Å². The lowest BCUT2D eigenvalue weighted by Gasteiger charge is -2.38. The van der Waals surface area contributed by atoms with Gasteiger partial charge in [-0.2, -0.15) is 0 Å². The zero-order valence-corrected chi connectivity index (χ0v) is 14.4. The van der Waals surface area contributed by atoms with Crippen LogP contribution in [0.2, 0.25) is 0 Å². The maximum Gasteiger partial charge on any atom is 0.194 e. The quantitative estimate of drug-likeness (QED) is 0.677. The van der Waals surface area contributed by atoms with Crippen LogP contribution in [-0.4, -0.2) is 13.2 Å². The van der Waals surface area contributed by atoms with Gasteiger partial charge in [0.05, 0.1) is 13.2 Å². The maximum atomic E-state index is 13.4. The van der Waals surface area contributed by atoms with Gasteiger partial charge in [-0.25, -0.2) is 13.2 Å². The molecule has 0 unspecified atom stereocenters. The van der Waals surface area contributed by atoms with E-state index in [0.29, 0.717) is 25.0 Å². The minimum Gasteiger partial charge on any atom is -0.348 e. The molecule has 4 rings (SSSR count). The van der Waals surface area contributed by atoms with Crippen molar-refractivity contribution in [2.75, 3.05) is 13.2 Å². The second kappa shape index (κ2) is 7.28. The molecule has 2 nitrogen and oxygen atoms in total. The molecule has 1 aliphatic heterocycles. The van der Waals surface area contributed by atoms with Crippen molar-refractivity contribution in [3.8, 4) is 0 Å². The summed E-state index contributed by atoms with van der Waals surface area (Å²) in [6, 6.07) is 1.90. The fourth-order valence-electron chi connectivity index (χ4n) is 4.41. The Morgan fingerprint density at radius 1 is 0.760 bits per heavy atom. The fraction of sp³-hybridized carbons (Fsp3) is 0.700. The van der Waals surface area contributed by atoms with Gasteiger partial charge in [0, 0.05) is 11.5 Å². The summed E-state index contributed by atoms with van der Waals surface area (Å²) in [5.41, 5.74) is 0.197. The Morgan fingerprint density at radius 2 is 1.28 bits per heavy atom. The highest BCUT2D eigenvalue weighted by Gasteiger charge is 2.34. The summed E-state index contributed by atoms with van der Waals surface area (Å²) in [4.78, 5) is 0. The second-order valence-electron chi connectivity index (χ2n) is 8.02.